The highest BCUT2D eigenvalue weighted by Crippen LogP contribution is 2.25. The minimum atomic E-state index is -0.871. The number of halogens is 1. The number of hydrogen-bond acceptors (Lipinski definition) is 4. The lowest BCUT2D eigenvalue weighted by Gasteiger charge is -2.16. The Balaban J connectivity index is 1.90. The average Bonchev–Trinajstić information content (AvgIpc) is 2.76. The second-order valence-electron chi connectivity index (χ2n) is 7.82. The Morgan fingerprint density at radius 3 is 2.31 bits per heavy atom. The molecule has 0 radical (unpaired) electrons. The van der Waals surface area contributed by atoms with Crippen LogP contribution < -0.4 is 16.2 Å². The number of nitrogens with one attached hydrogen (secondary N) is 2. The highest BCUT2D eigenvalue weighted by molar-refractivity contribution is 6.33. The van der Waals surface area contributed by atoms with E-state index in [2.05, 4.69) is 15.7 Å². The molecule has 0 spiro atoms. The zero-order valence-corrected chi connectivity index (χ0v) is 19.1. The van der Waals surface area contributed by atoms with Gasteiger partial charge >= 0.3 is 0 Å². The number of anilines is 2. The minimum absolute atomic E-state index is 0.0898. The van der Waals surface area contributed by atoms with Gasteiger partial charge in [-0.2, -0.15) is 5.10 Å². The highest BCUT2D eigenvalue weighted by atomic mass is 35.5. The molecule has 2 aromatic carbocycles. The van der Waals surface area contributed by atoms with Crippen LogP contribution in [0.3, 0.4) is 0 Å². The SMILES string of the molecule is Cc1ccc(-c2ccc(=O)n(C(C)C(=O)Nc3ccccc3Cl)n2)cc1NC(=O)C(C)C. The van der Waals surface area contributed by atoms with E-state index in [0.29, 0.717) is 27.7 Å². The van der Waals surface area contributed by atoms with E-state index in [-0.39, 0.29) is 11.8 Å². The number of amides is 2. The van der Waals surface area contributed by atoms with Crippen molar-refractivity contribution >= 4 is 34.8 Å². The van der Waals surface area contributed by atoms with Gasteiger partial charge in [-0.25, -0.2) is 4.68 Å². The van der Waals surface area contributed by atoms with Gasteiger partial charge in [-0.3, -0.25) is 14.4 Å². The van der Waals surface area contributed by atoms with E-state index in [1.54, 1.807) is 43.3 Å². The van der Waals surface area contributed by atoms with Gasteiger partial charge in [0.25, 0.3) is 5.56 Å². The standard InChI is InChI=1S/C24H25ClN4O3/c1-14(2)23(31)27-21-13-17(10-9-15(21)3)19-11-12-22(30)29(28-19)16(4)24(32)26-20-8-6-5-7-18(20)25/h5-14,16H,1-4H3,(H,26,32)(H,27,31). The maximum atomic E-state index is 12.7. The van der Waals surface area contributed by atoms with Crippen LogP contribution in [0.25, 0.3) is 11.3 Å². The molecule has 7 nitrogen and oxygen atoms in total. The second-order valence-corrected chi connectivity index (χ2v) is 8.23. The Hall–Kier alpha value is -3.45. The third-order valence-electron chi connectivity index (χ3n) is 5.02. The van der Waals surface area contributed by atoms with E-state index >= 15 is 0 Å². The van der Waals surface area contributed by atoms with Crippen LogP contribution in [0.15, 0.2) is 59.4 Å². The number of benzene rings is 2. The number of para-hydroxylation sites is 1. The number of carbonyl (C=O) groups is 2. The van der Waals surface area contributed by atoms with E-state index in [4.69, 9.17) is 11.6 Å². The van der Waals surface area contributed by atoms with E-state index in [9.17, 15) is 14.4 Å². The predicted molar refractivity (Wildman–Crippen MR) is 127 cm³/mol. The van der Waals surface area contributed by atoms with Crippen molar-refractivity contribution in [2.45, 2.75) is 33.7 Å². The molecule has 0 saturated carbocycles. The van der Waals surface area contributed by atoms with E-state index in [1.165, 1.54) is 6.07 Å². The molecule has 1 unspecified atom stereocenters. The fraction of sp³-hybridized carbons (Fsp3) is 0.250. The van der Waals surface area contributed by atoms with Gasteiger partial charge < -0.3 is 10.6 Å². The summed E-state index contributed by atoms with van der Waals surface area (Å²) in [6.07, 6.45) is 0. The van der Waals surface area contributed by atoms with Crippen LogP contribution in [-0.2, 0) is 9.59 Å². The number of aryl methyl sites for hydroxylation is 1. The lowest BCUT2D eigenvalue weighted by Crippen LogP contribution is -2.33. The number of nitrogens with zero attached hydrogens (tertiary/aromatic N) is 2. The predicted octanol–water partition coefficient (Wildman–Crippen LogP) is 4.67. The third-order valence-corrected chi connectivity index (χ3v) is 5.35. The molecule has 3 aromatic rings. The van der Waals surface area contributed by atoms with Crippen molar-refractivity contribution in [3.8, 4) is 11.3 Å². The van der Waals surface area contributed by atoms with Gasteiger partial charge in [-0.15, -0.1) is 0 Å². The maximum Gasteiger partial charge on any atom is 0.267 e. The van der Waals surface area contributed by atoms with E-state index < -0.39 is 17.5 Å². The summed E-state index contributed by atoms with van der Waals surface area (Å²) in [5.41, 5.74) is 2.84. The first kappa shape index (κ1) is 23.2. The molecule has 0 aliphatic carbocycles. The summed E-state index contributed by atoms with van der Waals surface area (Å²) in [7, 11) is 0. The molecular weight excluding hydrogens is 428 g/mol. The molecule has 1 atom stereocenters. The topological polar surface area (TPSA) is 93.1 Å². The first-order valence-electron chi connectivity index (χ1n) is 10.2. The van der Waals surface area contributed by atoms with Gasteiger partial charge in [-0.05, 0) is 43.7 Å². The molecule has 32 heavy (non-hydrogen) atoms. The molecule has 166 valence electrons. The normalized spacial score (nSPS) is 11.8. The number of rotatable bonds is 6. The first-order chi connectivity index (χ1) is 15.2. The molecule has 0 aliphatic heterocycles. The van der Waals surface area contributed by atoms with Crippen LogP contribution in [0.1, 0.15) is 32.4 Å². The molecule has 2 amide bonds. The van der Waals surface area contributed by atoms with E-state index in [1.807, 2.05) is 32.9 Å². The average molecular weight is 453 g/mol. The molecule has 1 aromatic heterocycles. The molecule has 0 saturated heterocycles. The van der Waals surface area contributed by atoms with Gasteiger partial charge in [0.1, 0.15) is 6.04 Å². The number of aromatic nitrogens is 2. The summed E-state index contributed by atoms with van der Waals surface area (Å²) >= 11 is 6.11. The molecule has 0 aliphatic rings. The Labute approximate surface area is 191 Å². The summed E-state index contributed by atoms with van der Waals surface area (Å²) in [6, 6.07) is 14.5. The monoisotopic (exact) mass is 452 g/mol. The molecular formula is C24H25ClN4O3. The Morgan fingerprint density at radius 1 is 0.938 bits per heavy atom. The fourth-order valence-electron chi connectivity index (χ4n) is 2.96. The molecule has 1 heterocycles. The van der Waals surface area contributed by atoms with Crippen LogP contribution in [0.2, 0.25) is 5.02 Å². The van der Waals surface area contributed by atoms with Crippen molar-refractivity contribution in [3.63, 3.8) is 0 Å². The third kappa shape index (κ3) is 5.23. The van der Waals surface area contributed by atoms with Gasteiger partial charge in [-0.1, -0.05) is 49.7 Å². The van der Waals surface area contributed by atoms with Gasteiger partial charge in [0, 0.05) is 23.2 Å². The minimum Gasteiger partial charge on any atom is -0.326 e. The van der Waals surface area contributed by atoms with Crippen LogP contribution in [0, 0.1) is 12.8 Å². The van der Waals surface area contributed by atoms with Crippen LogP contribution in [0.5, 0.6) is 0 Å². The van der Waals surface area contributed by atoms with Crippen molar-refractivity contribution in [1.29, 1.82) is 0 Å². The summed E-state index contributed by atoms with van der Waals surface area (Å²) < 4.78 is 1.13. The highest BCUT2D eigenvalue weighted by Gasteiger charge is 2.19. The molecule has 8 heteroatoms. The molecule has 2 N–H and O–H groups in total. The number of hydrogen-bond donors (Lipinski definition) is 2. The van der Waals surface area contributed by atoms with Crippen LogP contribution >= 0.6 is 11.6 Å². The quantitative estimate of drug-likeness (QED) is 0.568. The lowest BCUT2D eigenvalue weighted by molar-refractivity contribution is -0.119. The second kappa shape index (κ2) is 9.78. The zero-order chi connectivity index (χ0) is 23.4. The van der Waals surface area contributed by atoms with Crippen molar-refractivity contribution in [2.75, 3.05) is 10.6 Å². The van der Waals surface area contributed by atoms with Crippen molar-refractivity contribution < 1.29 is 9.59 Å². The van der Waals surface area contributed by atoms with Crippen LogP contribution in [0.4, 0.5) is 11.4 Å². The summed E-state index contributed by atoms with van der Waals surface area (Å²) in [5, 5.41) is 10.4. The Kier molecular flexibility index (Phi) is 7.10. The Bertz CT molecular complexity index is 1220. The van der Waals surface area contributed by atoms with Crippen molar-refractivity contribution in [1.82, 2.24) is 9.78 Å². The van der Waals surface area contributed by atoms with Gasteiger partial charge in [0.05, 0.1) is 16.4 Å². The smallest absolute Gasteiger partial charge is 0.267 e. The summed E-state index contributed by atoms with van der Waals surface area (Å²) in [4.78, 5) is 37.3. The van der Waals surface area contributed by atoms with Gasteiger partial charge in [0.2, 0.25) is 11.8 Å². The molecule has 0 fully saturated rings. The maximum absolute atomic E-state index is 12.7. The largest absolute Gasteiger partial charge is 0.326 e. The summed E-state index contributed by atoms with van der Waals surface area (Å²) in [6.45, 7) is 7.13. The Morgan fingerprint density at radius 2 is 1.62 bits per heavy atom. The lowest BCUT2D eigenvalue weighted by atomic mass is 10.1. The number of carbonyl (C=O) groups excluding carboxylic acids is 2. The first-order valence-corrected chi connectivity index (χ1v) is 10.6. The molecule has 3 rings (SSSR count). The zero-order valence-electron chi connectivity index (χ0n) is 18.3. The van der Waals surface area contributed by atoms with Crippen molar-refractivity contribution in [3.05, 3.63) is 75.5 Å². The van der Waals surface area contributed by atoms with Crippen molar-refractivity contribution in [2.24, 2.45) is 5.92 Å². The molecule has 0 bridgehead atoms. The van der Waals surface area contributed by atoms with Gasteiger partial charge in [0.15, 0.2) is 0 Å². The fourth-order valence-corrected chi connectivity index (χ4v) is 3.14. The van der Waals surface area contributed by atoms with E-state index in [0.717, 1.165) is 10.2 Å². The van der Waals surface area contributed by atoms with Crippen LogP contribution in [-0.4, -0.2) is 21.6 Å². The summed E-state index contributed by atoms with van der Waals surface area (Å²) in [5.74, 6) is -0.665.